The van der Waals surface area contributed by atoms with Crippen LogP contribution in [0.3, 0.4) is 0 Å². The minimum absolute atomic E-state index is 0.0366. The van der Waals surface area contributed by atoms with Gasteiger partial charge >= 0.3 is 0 Å². The fraction of sp³-hybridized carbons (Fsp3) is 0.333. The monoisotopic (exact) mass is 347 g/mol. The number of ether oxygens (including phenoxy) is 2. The van der Waals surface area contributed by atoms with E-state index >= 15 is 0 Å². The van der Waals surface area contributed by atoms with Crippen LogP contribution in [0, 0.1) is 5.41 Å². The Morgan fingerprint density at radius 3 is 2.50 bits per heavy atom. The van der Waals surface area contributed by atoms with E-state index in [1.165, 1.54) is 17.4 Å². The molecule has 1 heterocycles. The summed E-state index contributed by atoms with van der Waals surface area (Å²) in [5.74, 6) is 1.11. The highest BCUT2D eigenvalue weighted by atomic mass is 32.1. The average molecular weight is 347 g/mol. The Labute approximate surface area is 144 Å². The van der Waals surface area contributed by atoms with Gasteiger partial charge in [0.05, 0.1) is 23.4 Å². The number of rotatable bonds is 4. The second-order valence-corrected chi connectivity index (χ2v) is 7.35. The third-order valence-electron chi connectivity index (χ3n) is 3.40. The predicted molar refractivity (Wildman–Crippen MR) is 96.2 cm³/mol. The maximum atomic E-state index is 12.1. The highest BCUT2D eigenvalue weighted by molar-refractivity contribution is 7.07. The second kappa shape index (κ2) is 7.05. The summed E-state index contributed by atoms with van der Waals surface area (Å²) in [7, 11) is 3.11. The summed E-state index contributed by atoms with van der Waals surface area (Å²) in [6.45, 7) is 5.52. The molecule has 0 saturated carbocycles. The summed E-state index contributed by atoms with van der Waals surface area (Å²) >= 11 is 1.24. The van der Waals surface area contributed by atoms with Crippen LogP contribution in [0.4, 0.5) is 0 Å². The summed E-state index contributed by atoms with van der Waals surface area (Å²) in [6.07, 6.45) is 3.20. The smallest absolute Gasteiger partial charge is 0.266 e. The van der Waals surface area contributed by atoms with Crippen LogP contribution < -0.4 is 24.2 Å². The predicted octanol–water partition coefficient (Wildman–Crippen LogP) is 1.68. The summed E-state index contributed by atoms with van der Waals surface area (Å²) in [5.41, 5.74) is 0.0107. The molecule has 24 heavy (non-hydrogen) atoms. The lowest BCUT2D eigenvalue weighted by Gasteiger charge is -2.12. The van der Waals surface area contributed by atoms with Gasteiger partial charge in [0.15, 0.2) is 17.3 Å². The summed E-state index contributed by atoms with van der Waals surface area (Å²) in [6, 6.07) is 5.45. The van der Waals surface area contributed by atoms with Crippen LogP contribution in [-0.4, -0.2) is 25.0 Å². The zero-order chi connectivity index (χ0) is 17.9. The van der Waals surface area contributed by atoms with E-state index in [2.05, 4.69) is 4.98 Å². The van der Waals surface area contributed by atoms with Gasteiger partial charge in [-0.05, 0) is 12.1 Å². The summed E-state index contributed by atoms with van der Waals surface area (Å²) in [5, 5.41) is 0. The van der Waals surface area contributed by atoms with Crippen LogP contribution in [0.15, 0.2) is 23.0 Å². The van der Waals surface area contributed by atoms with Crippen molar-refractivity contribution in [3.8, 4) is 11.5 Å². The van der Waals surface area contributed by atoms with E-state index < -0.39 is 5.41 Å². The summed E-state index contributed by atoms with van der Waals surface area (Å²) < 4.78 is 11.7. The maximum absolute atomic E-state index is 12.1. The zero-order valence-corrected chi connectivity index (χ0v) is 15.2. The summed E-state index contributed by atoms with van der Waals surface area (Å²) in [4.78, 5) is 26.9. The van der Waals surface area contributed by atoms with E-state index in [0.717, 1.165) is 5.56 Å². The maximum Gasteiger partial charge on any atom is 0.266 e. The van der Waals surface area contributed by atoms with Crippen LogP contribution >= 0.6 is 11.3 Å². The van der Waals surface area contributed by atoms with Gasteiger partial charge in [-0.2, -0.15) is 0 Å². The molecule has 2 rings (SSSR count). The number of aromatic nitrogens is 1. The third kappa shape index (κ3) is 3.94. The van der Waals surface area contributed by atoms with E-state index in [9.17, 15) is 9.59 Å². The number of hydrogen-bond acceptors (Lipinski definition) is 5. The number of aromatic amines is 1. The van der Waals surface area contributed by atoms with Gasteiger partial charge in [0.1, 0.15) is 0 Å². The van der Waals surface area contributed by atoms with Crippen molar-refractivity contribution in [2.45, 2.75) is 20.8 Å². The van der Waals surface area contributed by atoms with Crippen molar-refractivity contribution < 1.29 is 14.3 Å². The largest absolute Gasteiger partial charge is 0.493 e. The van der Waals surface area contributed by atoms with E-state index in [-0.39, 0.29) is 11.3 Å². The quantitative estimate of drug-likeness (QED) is 0.914. The van der Waals surface area contributed by atoms with Crippen LogP contribution in [0.2, 0.25) is 0 Å². The second-order valence-electron chi connectivity index (χ2n) is 6.27. The number of H-pyrrole nitrogens is 1. The van der Waals surface area contributed by atoms with Gasteiger partial charge < -0.3 is 14.5 Å². The molecule has 0 spiro atoms. The molecule has 5 nitrogen and oxygen atoms in total. The minimum Gasteiger partial charge on any atom is -0.493 e. The van der Waals surface area contributed by atoms with Gasteiger partial charge in [0, 0.05) is 17.1 Å². The lowest BCUT2D eigenvalue weighted by atomic mass is 9.91. The van der Waals surface area contributed by atoms with Crippen LogP contribution in [0.1, 0.15) is 26.3 Å². The fourth-order valence-corrected chi connectivity index (χ4v) is 2.90. The van der Waals surface area contributed by atoms with Crippen molar-refractivity contribution in [3.63, 3.8) is 0 Å². The van der Waals surface area contributed by atoms with Gasteiger partial charge in [-0.25, -0.2) is 0 Å². The molecule has 0 aliphatic carbocycles. The fourth-order valence-electron chi connectivity index (χ4n) is 2.03. The van der Waals surface area contributed by atoms with Crippen LogP contribution in [0.25, 0.3) is 12.2 Å². The van der Waals surface area contributed by atoms with Crippen molar-refractivity contribution >= 4 is 29.3 Å². The molecular weight excluding hydrogens is 326 g/mol. The molecule has 1 N–H and O–H groups in total. The number of benzene rings is 1. The van der Waals surface area contributed by atoms with Crippen molar-refractivity contribution in [1.29, 1.82) is 0 Å². The highest BCUT2D eigenvalue weighted by Gasteiger charge is 2.18. The lowest BCUT2D eigenvalue weighted by Crippen LogP contribution is -2.22. The Morgan fingerprint density at radius 2 is 1.92 bits per heavy atom. The molecular formula is C18H21NO4S. The Balaban J connectivity index is 2.56. The molecule has 0 bridgehead atoms. The Morgan fingerprint density at radius 1 is 1.21 bits per heavy atom. The number of para-hydroxylation sites is 1. The molecule has 0 saturated heterocycles. The molecule has 0 amide bonds. The molecule has 1 aromatic heterocycles. The van der Waals surface area contributed by atoms with Crippen molar-refractivity contribution in [2.24, 2.45) is 5.41 Å². The number of ketones is 1. The normalized spacial score (nSPS) is 13.2. The number of thiazole rings is 1. The Bertz CT molecular complexity index is 916. The lowest BCUT2D eigenvalue weighted by molar-refractivity contribution is -0.119. The SMILES string of the molecule is COc1cccc(/C=c2\s/c(=C/C(=O)C(C)(C)C)[nH]c2=O)c1OC. The average Bonchev–Trinajstić information content (AvgIpc) is 2.85. The molecule has 0 unspecified atom stereocenters. The van der Waals surface area contributed by atoms with Gasteiger partial charge in [0.2, 0.25) is 0 Å². The van der Waals surface area contributed by atoms with E-state index in [0.29, 0.717) is 20.7 Å². The van der Waals surface area contributed by atoms with E-state index in [1.807, 2.05) is 32.9 Å². The van der Waals surface area contributed by atoms with Crippen molar-refractivity contribution in [3.05, 3.63) is 43.3 Å². The molecule has 0 atom stereocenters. The third-order valence-corrected chi connectivity index (χ3v) is 4.36. The first kappa shape index (κ1) is 18.0. The standard InChI is InChI=1S/C18H21NO4S/c1-18(2,3)14(20)10-15-19-17(21)13(24-15)9-11-7-6-8-12(22-4)16(11)23-5/h6-10H,1-5H3,(H,19,21)/b13-9-,15-10+. The van der Waals surface area contributed by atoms with Crippen molar-refractivity contribution in [2.75, 3.05) is 14.2 Å². The molecule has 0 fully saturated rings. The molecule has 0 radical (unpaired) electrons. The van der Waals surface area contributed by atoms with E-state index in [1.54, 1.807) is 26.4 Å². The molecule has 1 aromatic carbocycles. The molecule has 0 aliphatic rings. The topological polar surface area (TPSA) is 68.4 Å². The minimum atomic E-state index is -0.485. The number of nitrogens with one attached hydrogen (secondary N) is 1. The first-order chi connectivity index (χ1) is 11.3. The zero-order valence-electron chi connectivity index (χ0n) is 14.4. The number of Topliss-reactive ketones (excluding diaryl/α,β-unsaturated/α-hetero) is 1. The molecule has 2 aromatic rings. The first-order valence-corrected chi connectivity index (χ1v) is 8.26. The number of carbonyl (C=O) groups is 1. The van der Waals surface area contributed by atoms with Crippen LogP contribution in [0.5, 0.6) is 11.5 Å². The van der Waals surface area contributed by atoms with Gasteiger partial charge in [-0.3, -0.25) is 9.59 Å². The van der Waals surface area contributed by atoms with E-state index in [4.69, 9.17) is 9.47 Å². The molecule has 128 valence electrons. The Hall–Kier alpha value is -2.34. The number of hydrogen-bond donors (Lipinski definition) is 1. The van der Waals surface area contributed by atoms with Crippen molar-refractivity contribution in [1.82, 2.24) is 4.98 Å². The highest BCUT2D eigenvalue weighted by Crippen LogP contribution is 2.30. The first-order valence-electron chi connectivity index (χ1n) is 7.44. The van der Waals surface area contributed by atoms with Gasteiger partial charge in [-0.1, -0.05) is 32.9 Å². The van der Waals surface area contributed by atoms with Gasteiger partial charge in [0.25, 0.3) is 5.56 Å². The van der Waals surface area contributed by atoms with Gasteiger partial charge in [-0.15, -0.1) is 11.3 Å². The Kier molecular flexibility index (Phi) is 5.29. The van der Waals surface area contributed by atoms with Crippen LogP contribution in [-0.2, 0) is 4.79 Å². The molecule has 0 aliphatic heterocycles. The number of carbonyl (C=O) groups excluding carboxylic acids is 1. The molecule has 6 heteroatoms. The number of methoxy groups -OCH3 is 2.